The molecule has 3 aromatic carbocycles. The molecule has 2 aliphatic heterocycles. The highest BCUT2D eigenvalue weighted by Gasteiger charge is 2.38. The average Bonchev–Trinajstić information content (AvgIpc) is 3.24. The quantitative estimate of drug-likeness (QED) is 0.476. The van der Waals surface area contributed by atoms with Gasteiger partial charge < -0.3 is 0 Å². The molecule has 5 rings (SSSR count). The first-order valence-corrected chi connectivity index (χ1v) is 11.9. The lowest BCUT2D eigenvalue weighted by molar-refractivity contribution is 0.143. The first kappa shape index (κ1) is 20.8. The van der Waals surface area contributed by atoms with Crippen LogP contribution in [0.4, 0.5) is 0 Å². The van der Waals surface area contributed by atoms with Crippen molar-refractivity contribution in [1.82, 2.24) is 9.80 Å². The molecule has 2 fully saturated rings. The van der Waals surface area contributed by atoms with Crippen molar-refractivity contribution in [3.05, 3.63) is 107 Å². The second kappa shape index (κ2) is 9.56. The third-order valence-electron chi connectivity index (χ3n) is 7.16. The molecule has 0 bridgehead atoms. The lowest BCUT2D eigenvalue weighted by atomic mass is 9.87. The van der Waals surface area contributed by atoms with Crippen LogP contribution >= 0.6 is 11.6 Å². The predicted octanol–water partition coefficient (Wildman–Crippen LogP) is 6.19. The van der Waals surface area contributed by atoms with Gasteiger partial charge in [-0.2, -0.15) is 0 Å². The summed E-state index contributed by atoms with van der Waals surface area (Å²) in [7, 11) is 0. The molecule has 2 heterocycles. The van der Waals surface area contributed by atoms with Crippen LogP contribution in [0.1, 0.15) is 41.4 Å². The highest BCUT2D eigenvalue weighted by molar-refractivity contribution is 6.30. The van der Waals surface area contributed by atoms with Gasteiger partial charge in [0.2, 0.25) is 0 Å². The Labute approximate surface area is 191 Å². The van der Waals surface area contributed by atoms with E-state index in [0.717, 1.165) is 24.7 Å². The van der Waals surface area contributed by atoms with Gasteiger partial charge in [0.1, 0.15) is 0 Å². The number of hydrogen-bond donors (Lipinski definition) is 0. The summed E-state index contributed by atoms with van der Waals surface area (Å²) in [6, 6.07) is 31.0. The zero-order valence-corrected chi connectivity index (χ0v) is 18.8. The van der Waals surface area contributed by atoms with Crippen LogP contribution in [0.2, 0.25) is 5.02 Å². The van der Waals surface area contributed by atoms with Gasteiger partial charge >= 0.3 is 0 Å². The first-order chi connectivity index (χ1) is 15.3. The van der Waals surface area contributed by atoms with Gasteiger partial charge in [-0.3, -0.25) is 9.80 Å². The number of hydrogen-bond acceptors (Lipinski definition) is 2. The molecule has 31 heavy (non-hydrogen) atoms. The van der Waals surface area contributed by atoms with Gasteiger partial charge in [0.15, 0.2) is 0 Å². The SMILES string of the molecule is Clc1cccc([C@@H]2CN(Cc3ccccc3)C[C@H]2N2CCC(c3ccccc3)CC2)c1. The van der Waals surface area contributed by atoms with E-state index in [0.29, 0.717) is 17.9 Å². The molecule has 0 spiro atoms. The van der Waals surface area contributed by atoms with Crippen molar-refractivity contribution in [2.24, 2.45) is 0 Å². The molecule has 2 atom stereocenters. The average molecular weight is 431 g/mol. The van der Waals surface area contributed by atoms with Gasteiger partial charge in [-0.05, 0) is 60.7 Å². The molecular weight excluding hydrogens is 400 g/mol. The molecule has 0 aromatic heterocycles. The third kappa shape index (κ3) is 4.87. The maximum Gasteiger partial charge on any atom is 0.0408 e. The van der Waals surface area contributed by atoms with Crippen molar-refractivity contribution >= 4 is 11.6 Å². The normalized spacial score (nSPS) is 23.3. The van der Waals surface area contributed by atoms with Crippen LogP contribution in [0.5, 0.6) is 0 Å². The Morgan fingerprint density at radius 2 is 1.42 bits per heavy atom. The van der Waals surface area contributed by atoms with Crippen LogP contribution in [0.15, 0.2) is 84.9 Å². The number of benzene rings is 3. The Morgan fingerprint density at radius 3 is 2.13 bits per heavy atom. The van der Waals surface area contributed by atoms with Crippen LogP contribution < -0.4 is 0 Å². The van der Waals surface area contributed by atoms with Crippen LogP contribution in [-0.2, 0) is 6.54 Å². The first-order valence-electron chi connectivity index (χ1n) is 11.6. The summed E-state index contributed by atoms with van der Waals surface area (Å²) < 4.78 is 0. The fourth-order valence-corrected chi connectivity index (χ4v) is 5.76. The Bertz CT molecular complexity index is 967. The van der Waals surface area contributed by atoms with E-state index in [1.165, 1.54) is 42.6 Å². The van der Waals surface area contributed by atoms with E-state index in [-0.39, 0.29) is 0 Å². The maximum absolute atomic E-state index is 6.38. The van der Waals surface area contributed by atoms with E-state index in [1.54, 1.807) is 0 Å². The van der Waals surface area contributed by atoms with Gasteiger partial charge in [0.05, 0.1) is 0 Å². The Morgan fingerprint density at radius 1 is 0.742 bits per heavy atom. The van der Waals surface area contributed by atoms with Gasteiger partial charge in [-0.1, -0.05) is 84.4 Å². The molecule has 2 aliphatic rings. The monoisotopic (exact) mass is 430 g/mol. The number of halogens is 1. The van der Waals surface area contributed by atoms with Crippen molar-refractivity contribution < 1.29 is 0 Å². The minimum Gasteiger partial charge on any atom is -0.298 e. The van der Waals surface area contributed by atoms with E-state index < -0.39 is 0 Å². The zero-order chi connectivity index (χ0) is 21.0. The Hall–Kier alpha value is -2.13. The predicted molar refractivity (Wildman–Crippen MR) is 130 cm³/mol. The van der Waals surface area contributed by atoms with E-state index in [9.17, 15) is 0 Å². The number of likely N-dealkylation sites (tertiary alicyclic amines) is 2. The van der Waals surface area contributed by atoms with Gasteiger partial charge in [0.25, 0.3) is 0 Å². The van der Waals surface area contributed by atoms with Crippen LogP contribution in [0.3, 0.4) is 0 Å². The summed E-state index contributed by atoms with van der Waals surface area (Å²) in [5.41, 5.74) is 4.29. The molecule has 0 aliphatic carbocycles. The lowest BCUT2D eigenvalue weighted by Crippen LogP contribution is -2.44. The molecule has 0 radical (unpaired) electrons. The van der Waals surface area contributed by atoms with Crippen LogP contribution in [0, 0.1) is 0 Å². The van der Waals surface area contributed by atoms with Crippen LogP contribution in [0.25, 0.3) is 0 Å². The van der Waals surface area contributed by atoms with Crippen molar-refractivity contribution in [2.75, 3.05) is 26.2 Å². The van der Waals surface area contributed by atoms with Crippen molar-refractivity contribution in [3.63, 3.8) is 0 Å². The van der Waals surface area contributed by atoms with Gasteiger partial charge in [-0.15, -0.1) is 0 Å². The van der Waals surface area contributed by atoms with Crippen molar-refractivity contribution in [1.29, 1.82) is 0 Å². The highest BCUT2D eigenvalue weighted by Crippen LogP contribution is 2.36. The fourth-order valence-electron chi connectivity index (χ4n) is 5.56. The van der Waals surface area contributed by atoms with Crippen molar-refractivity contribution in [3.8, 4) is 0 Å². The second-order valence-corrected chi connectivity index (χ2v) is 9.57. The molecule has 0 amide bonds. The molecule has 3 heteroatoms. The Kier molecular flexibility index (Phi) is 6.40. The summed E-state index contributed by atoms with van der Waals surface area (Å²) in [4.78, 5) is 5.39. The topological polar surface area (TPSA) is 6.48 Å². The minimum atomic E-state index is 0.510. The zero-order valence-electron chi connectivity index (χ0n) is 18.0. The van der Waals surface area contributed by atoms with E-state index in [2.05, 4.69) is 88.7 Å². The highest BCUT2D eigenvalue weighted by atomic mass is 35.5. The molecule has 0 unspecified atom stereocenters. The summed E-state index contributed by atoms with van der Waals surface area (Å²) in [6.45, 7) is 5.61. The summed E-state index contributed by atoms with van der Waals surface area (Å²) in [5, 5.41) is 0.848. The molecule has 2 saturated heterocycles. The molecular formula is C28H31ClN2. The number of nitrogens with zero attached hydrogens (tertiary/aromatic N) is 2. The smallest absolute Gasteiger partial charge is 0.0408 e. The van der Waals surface area contributed by atoms with E-state index in [1.807, 2.05) is 6.07 Å². The van der Waals surface area contributed by atoms with Gasteiger partial charge in [-0.25, -0.2) is 0 Å². The number of rotatable bonds is 5. The molecule has 160 valence electrons. The van der Waals surface area contributed by atoms with E-state index in [4.69, 9.17) is 11.6 Å². The largest absolute Gasteiger partial charge is 0.298 e. The summed E-state index contributed by atoms with van der Waals surface area (Å²) in [5.74, 6) is 1.21. The second-order valence-electron chi connectivity index (χ2n) is 9.13. The summed E-state index contributed by atoms with van der Waals surface area (Å²) in [6.07, 6.45) is 2.50. The van der Waals surface area contributed by atoms with E-state index >= 15 is 0 Å². The van der Waals surface area contributed by atoms with Crippen molar-refractivity contribution in [2.45, 2.75) is 37.3 Å². The molecule has 0 saturated carbocycles. The third-order valence-corrected chi connectivity index (χ3v) is 7.40. The van der Waals surface area contributed by atoms with Crippen LogP contribution in [-0.4, -0.2) is 42.0 Å². The molecule has 0 N–H and O–H groups in total. The number of piperidine rings is 1. The van der Waals surface area contributed by atoms with Gasteiger partial charge in [0, 0.05) is 36.6 Å². The lowest BCUT2D eigenvalue weighted by Gasteiger charge is -2.38. The maximum atomic E-state index is 6.38. The standard InChI is InChI=1S/C28H31ClN2/c29-26-13-7-12-25(18-26)27-20-30(19-22-8-3-1-4-9-22)21-28(27)31-16-14-24(15-17-31)23-10-5-2-6-11-23/h1-13,18,24,27-28H,14-17,19-21H2/t27-,28+/m0/s1. The Balaban J connectivity index is 1.32. The minimum absolute atomic E-state index is 0.510. The molecule has 2 nitrogen and oxygen atoms in total. The summed E-state index contributed by atoms with van der Waals surface area (Å²) >= 11 is 6.38. The molecule has 3 aromatic rings. The fraction of sp³-hybridized carbons (Fsp3) is 0.357.